The summed E-state index contributed by atoms with van der Waals surface area (Å²) in [6.45, 7) is 6.04. The molecule has 2 aromatic carbocycles. The lowest BCUT2D eigenvalue weighted by atomic mass is 10.1. The first-order chi connectivity index (χ1) is 12.0. The van der Waals surface area contributed by atoms with Crippen LogP contribution in [0.3, 0.4) is 0 Å². The van der Waals surface area contributed by atoms with Gasteiger partial charge in [-0.25, -0.2) is 0 Å². The Balaban J connectivity index is 1.74. The van der Waals surface area contributed by atoms with Crippen LogP contribution in [0.15, 0.2) is 42.5 Å². The molecule has 0 aliphatic heterocycles. The van der Waals surface area contributed by atoms with Crippen molar-refractivity contribution < 1.29 is 9.59 Å². The first kappa shape index (κ1) is 19.1. The molecule has 5 heteroatoms. The Bertz CT molecular complexity index is 742. The zero-order valence-corrected chi connectivity index (χ0v) is 15.7. The Labute approximate surface area is 153 Å². The predicted molar refractivity (Wildman–Crippen MR) is 106 cm³/mol. The smallest absolute Gasteiger partial charge is 0.234 e. The molecule has 0 bridgehead atoms. The van der Waals surface area contributed by atoms with E-state index in [1.54, 1.807) is 0 Å². The van der Waals surface area contributed by atoms with Crippen LogP contribution in [0.5, 0.6) is 0 Å². The highest BCUT2D eigenvalue weighted by atomic mass is 32.2. The third kappa shape index (κ3) is 6.27. The molecular weight excluding hydrogens is 332 g/mol. The number of amides is 2. The van der Waals surface area contributed by atoms with Crippen LogP contribution in [0.2, 0.25) is 0 Å². The number of thioether (sulfide) groups is 1. The molecule has 0 fully saturated rings. The first-order valence-electron chi connectivity index (χ1n) is 8.31. The van der Waals surface area contributed by atoms with Crippen LogP contribution in [0, 0.1) is 13.8 Å². The summed E-state index contributed by atoms with van der Waals surface area (Å²) >= 11 is 1.30. The molecule has 2 rings (SSSR count). The second-order valence-electron chi connectivity index (χ2n) is 5.96. The van der Waals surface area contributed by atoms with E-state index in [1.807, 2.05) is 56.3 Å². The van der Waals surface area contributed by atoms with E-state index in [4.69, 9.17) is 0 Å². The number of rotatable bonds is 7. The molecule has 2 aromatic rings. The largest absolute Gasteiger partial charge is 0.325 e. The van der Waals surface area contributed by atoms with Gasteiger partial charge < -0.3 is 10.6 Å². The topological polar surface area (TPSA) is 58.2 Å². The number of hydrogen-bond donors (Lipinski definition) is 2. The Morgan fingerprint density at radius 2 is 1.56 bits per heavy atom. The van der Waals surface area contributed by atoms with Crippen LogP contribution in [-0.2, 0) is 16.0 Å². The standard InChI is InChI=1S/C20H24N2O2S/c1-4-16-7-9-17(10-8-16)21-19(23)12-25-13-20(24)22-18-11-14(2)5-6-15(18)3/h5-11H,4,12-13H2,1-3H3,(H,21,23)(H,22,24). The lowest BCUT2D eigenvalue weighted by Gasteiger charge is -2.09. The second-order valence-corrected chi connectivity index (χ2v) is 6.94. The Morgan fingerprint density at radius 1 is 0.920 bits per heavy atom. The Morgan fingerprint density at radius 3 is 2.20 bits per heavy atom. The zero-order chi connectivity index (χ0) is 18.2. The summed E-state index contributed by atoms with van der Waals surface area (Å²) in [7, 11) is 0. The Hall–Kier alpha value is -2.27. The highest BCUT2D eigenvalue weighted by molar-refractivity contribution is 8.00. The van der Waals surface area contributed by atoms with Gasteiger partial charge in [-0.2, -0.15) is 0 Å². The van der Waals surface area contributed by atoms with Gasteiger partial charge in [0.2, 0.25) is 11.8 Å². The average Bonchev–Trinajstić information content (AvgIpc) is 2.59. The summed E-state index contributed by atoms with van der Waals surface area (Å²) in [5.74, 6) is 0.290. The van der Waals surface area contributed by atoms with E-state index in [-0.39, 0.29) is 23.3 Å². The highest BCUT2D eigenvalue weighted by Gasteiger charge is 2.08. The lowest BCUT2D eigenvalue weighted by molar-refractivity contribution is -0.114. The third-order valence-electron chi connectivity index (χ3n) is 3.78. The zero-order valence-electron chi connectivity index (χ0n) is 14.9. The number of nitrogens with one attached hydrogen (secondary N) is 2. The molecule has 2 N–H and O–H groups in total. The molecule has 4 nitrogen and oxygen atoms in total. The minimum Gasteiger partial charge on any atom is -0.325 e. The number of carbonyl (C=O) groups excluding carboxylic acids is 2. The summed E-state index contributed by atoms with van der Waals surface area (Å²) in [4.78, 5) is 24.0. The molecule has 0 saturated heterocycles. The molecule has 0 aromatic heterocycles. The number of carbonyl (C=O) groups is 2. The molecule has 0 aliphatic rings. The van der Waals surface area contributed by atoms with Crippen molar-refractivity contribution in [2.24, 2.45) is 0 Å². The van der Waals surface area contributed by atoms with Crippen molar-refractivity contribution in [2.45, 2.75) is 27.2 Å². The Kier molecular flexibility index (Phi) is 7.07. The van der Waals surface area contributed by atoms with Gasteiger partial charge in [-0.05, 0) is 55.2 Å². The summed E-state index contributed by atoms with van der Waals surface area (Å²) < 4.78 is 0. The van der Waals surface area contributed by atoms with Crippen LogP contribution in [0.1, 0.15) is 23.6 Å². The average molecular weight is 356 g/mol. The fraction of sp³-hybridized carbons (Fsp3) is 0.300. The van der Waals surface area contributed by atoms with Crippen LogP contribution >= 0.6 is 11.8 Å². The SMILES string of the molecule is CCc1ccc(NC(=O)CSCC(=O)Nc2cc(C)ccc2C)cc1. The minimum atomic E-state index is -0.103. The number of benzene rings is 2. The third-order valence-corrected chi connectivity index (χ3v) is 4.71. The lowest BCUT2D eigenvalue weighted by Crippen LogP contribution is -2.18. The van der Waals surface area contributed by atoms with E-state index in [2.05, 4.69) is 17.6 Å². The van der Waals surface area contributed by atoms with Crippen LogP contribution < -0.4 is 10.6 Å². The molecule has 0 spiro atoms. The van der Waals surface area contributed by atoms with Gasteiger partial charge >= 0.3 is 0 Å². The monoisotopic (exact) mass is 356 g/mol. The second kappa shape index (κ2) is 9.28. The number of anilines is 2. The number of hydrogen-bond acceptors (Lipinski definition) is 3. The van der Waals surface area contributed by atoms with Gasteiger partial charge in [0.15, 0.2) is 0 Å². The fourth-order valence-electron chi connectivity index (χ4n) is 2.31. The molecule has 0 atom stereocenters. The summed E-state index contributed by atoms with van der Waals surface area (Å²) in [5.41, 5.74) is 4.96. The fourth-order valence-corrected chi connectivity index (χ4v) is 2.93. The van der Waals surface area contributed by atoms with Gasteiger partial charge in [-0.15, -0.1) is 11.8 Å². The maximum Gasteiger partial charge on any atom is 0.234 e. The maximum absolute atomic E-state index is 12.0. The van der Waals surface area contributed by atoms with Gasteiger partial charge in [-0.1, -0.05) is 31.2 Å². The van der Waals surface area contributed by atoms with E-state index in [0.29, 0.717) is 0 Å². The normalized spacial score (nSPS) is 10.4. The van der Waals surface area contributed by atoms with Crippen molar-refractivity contribution in [3.05, 3.63) is 59.2 Å². The molecular formula is C20H24N2O2S. The summed E-state index contributed by atoms with van der Waals surface area (Å²) in [6, 6.07) is 13.7. The van der Waals surface area contributed by atoms with Crippen molar-refractivity contribution in [3.8, 4) is 0 Å². The van der Waals surface area contributed by atoms with Crippen molar-refractivity contribution in [3.63, 3.8) is 0 Å². The molecule has 132 valence electrons. The van der Waals surface area contributed by atoms with Crippen LogP contribution in [0.4, 0.5) is 11.4 Å². The van der Waals surface area contributed by atoms with Gasteiger partial charge in [0.1, 0.15) is 0 Å². The predicted octanol–water partition coefficient (Wildman–Crippen LogP) is 4.18. The number of aryl methyl sites for hydroxylation is 3. The van der Waals surface area contributed by atoms with Crippen molar-refractivity contribution in [1.29, 1.82) is 0 Å². The van der Waals surface area contributed by atoms with E-state index < -0.39 is 0 Å². The van der Waals surface area contributed by atoms with Crippen molar-refractivity contribution in [1.82, 2.24) is 0 Å². The van der Waals surface area contributed by atoms with Gasteiger partial charge in [-0.3, -0.25) is 9.59 Å². The summed E-state index contributed by atoms with van der Waals surface area (Å²) in [5, 5.41) is 5.74. The van der Waals surface area contributed by atoms with Crippen molar-refractivity contribution >= 4 is 35.0 Å². The van der Waals surface area contributed by atoms with Crippen LogP contribution in [0.25, 0.3) is 0 Å². The molecule has 25 heavy (non-hydrogen) atoms. The maximum atomic E-state index is 12.0. The van der Waals surface area contributed by atoms with E-state index in [0.717, 1.165) is 28.9 Å². The quantitative estimate of drug-likeness (QED) is 0.782. The molecule has 0 saturated carbocycles. The van der Waals surface area contributed by atoms with Gasteiger partial charge in [0.05, 0.1) is 11.5 Å². The molecule has 0 heterocycles. The first-order valence-corrected chi connectivity index (χ1v) is 9.47. The van der Waals surface area contributed by atoms with E-state index in [9.17, 15) is 9.59 Å². The van der Waals surface area contributed by atoms with E-state index in [1.165, 1.54) is 17.3 Å². The van der Waals surface area contributed by atoms with Gasteiger partial charge in [0, 0.05) is 11.4 Å². The van der Waals surface area contributed by atoms with Gasteiger partial charge in [0.25, 0.3) is 0 Å². The molecule has 0 radical (unpaired) electrons. The molecule has 2 amide bonds. The minimum absolute atomic E-state index is 0.0983. The van der Waals surface area contributed by atoms with Crippen molar-refractivity contribution in [2.75, 3.05) is 22.1 Å². The highest BCUT2D eigenvalue weighted by Crippen LogP contribution is 2.17. The van der Waals surface area contributed by atoms with E-state index >= 15 is 0 Å². The van der Waals surface area contributed by atoms with Crippen LogP contribution in [-0.4, -0.2) is 23.3 Å². The molecule has 0 unspecified atom stereocenters. The summed E-state index contributed by atoms with van der Waals surface area (Å²) in [6.07, 6.45) is 0.972. The molecule has 0 aliphatic carbocycles.